The molecule has 0 unspecified atom stereocenters. The molecule has 0 bridgehead atoms. The summed E-state index contributed by atoms with van der Waals surface area (Å²) in [5.74, 6) is -0.590. The minimum absolute atomic E-state index is 0.0198. The molecule has 1 fully saturated rings. The van der Waals surface area contributed by atoms with Gasteiger partial charge in [-0.15, -0.1) is 0 Å². The van der Waals surface area contributed by atoms with E-state index in [1.807, 2.05) is 30.9 Å². The zero-order chi connectivity index (χ0) is 26.1. The summed E-state index contributed by atoms with van der Waals surface area (Å²) >= 11 is 1.76. The van der Waals surface area contributed by atoms with Gasteiger partial charge in [0.1, 0.15) is 17.3 Å². The van der Waals surface area contributed by atoms with E-state index in [1.165, 1.54) is 6.07 Å². The van der Waals surface area contributed by atoms with E-state index in [2.05, 4.69) is 35.7 Å². The van der Waals surface area contributed by atoms with Crippen LogP contribution in [0, 0.1) is 11.6 Å². The van der Waals surface area contributed by atoms with Crippen molar-refractivity contribution in [1.82, 2.24) is 19.3 Å². The summed E-state index contributed by atoms with van der Waals surface area (Å²) in [6.07, 6.45) is 4.97. The quantitative estimate of drug-likeness (QED) is 0.474. The lowest BCUT2D eigenvalue weighted by Gasteiger charge is -2.34. The van der Waals surface area contributed by atoms with Gasteiger partial charge in [-0.3, -0.25) is 4.79 Å². The van der Waals surface area contributed by atoms with Crippen LogP contribution in [-0.2, 0) is 11.2 Å². The molecule has 0 amide bonds. The van der Waals surface area contributed by atoms with Crippen LogP contribution in [0.25, 0.3) is 11.3 Å². The van der Waals surface area contributed by atoms with Gasteiger partial charge in [-0.2, -0.15) is 0 Å². The summed E-state index contributed by atoms with van der Waals surface area (Å²) in [7, 11) is 0. The Kier molecular flexibility index (Phi) is 7.25. The van der Waals surface area contributed by atoms with E-state index in [9.17, 15) is 9.18 Å². The summed E-state index contributed by atoms with van der Waals surface area (Å²) in [5, 5.41) is 3.02. The van der Waals surface area contributed by atoms with Gasteiger partial charge in [-0.05, 0) is 44.4 Å². The van der Waals surface area contributed by atoms with Crippen LogP contribution in [0.4, 0.5) is 31.9 Å². The summed E-state index contributed by atoms with van der Waals surface area (Å²) in [4.78, 5) is 29.1. The number of rotatable bonds is 6. The Balaban J connectivity index is 1.38. The molecule has 194 valence electrons. The number of carbonyl (C=O) groups is 1. The highest BCUT2D eigenvalue weighted by Gasteiger charge is 2.28. The smallest absolute Gasteiger partial charge is 0.229 e. The first-order valence-electron chi connectivity index (χ1n) is 12.2. The number of pyridine rings is 1. The summed E-state index contributed by atoms with van der Waals surface area (Å²) in [6, 6.07) is 6.72. The standard InChI is InChI=1S/C26H29F2N7OS/c1-16(2)35-15-19(36)12-20-21(27)10-17(11-23(20)35)25-22(28)14-30-26(32-25)31-24-5-4-18(13-29-24)33-6-8-34(37-3)9-7-33/h4-5,10-11,13-14,16H,6-9,12,15H2,1-3H3,(H,29,30,31,32). The fourth-order valence-corrected chi connectivity index (χ4v) is 5.23. The SMILES string of the molecule is CSN1CCN(c2ccc(Nc3ncc(F)c(-c4cc(F)c5c(c4)N(C(C)C)CC(=O)C5)n3)nc2)CC1. The third-order valence-corrected chi connectivity index (χ3v) is 7.57. The van der Waals surface area contributed by atoms with Gasteiger partial charge in [-0.25, -0.2) is 28.0 Å². The van der Waals surface area contributed by atoms with E-state index in [0.29, 0.717) is 17.1 Å². The monoisotopic (exact) mass is 525 g/mol. The number of Topliss-reactive ketones (excluding diaryl/α,β-unsaturated/α-hetero) is 1. The molecule has 2 aromatic heterocycles. The number of fused-ring (bicyclic) bond motifs is 1. The molecule has 2 aliphatic rings. The Morgan fingerprint density at radius 2 is 1.81 bits per heavy atom. The second kappa shape index (κ2) is 10.6. The van der Waals surface area contributed by atoms with Crippen LogP contribution in [-0.4, -0.2) is 70.1 Å². The summed E-state index contributed by atoms with van der Waals surface area (Å²) < 4.78 is 32.2. The molecular formula is C26H29F2N7OS. The number of piperazine rings is 1. The first-order chi connectivity index (χ1) is 17.8. The molecule has 0 spiro atoms. The maximum Gasteiger partial charge on any atom is 0.229 e. The second-order valence-corrected chi connectivity index (χ2v) is 10.3. The van der Waals surface area contributed by atoms with Crippen molar-refractivity contribution >= 4 is 40.9 Å². The lowest BCUT2D eigenvalue weighted by atomic mass is 9.96. The summed E-state index contributed by atoms with van der Waals surface area (Å²) in [5.41, 5.74) is 2.22. The van der Waals surface area contributed by atoms with Crippen LogP contribution < -0.4 is 15.1 Å². The number of ketones is 1. The van der Waals surface area contributed by atoms with Gasteiger partial charge in [0, 0.05) is 55.5 Å². The van der Waals surface area contributed by atoms with Gasteiger partial charge >= 0.3 is 0 Å². The van der Waals surface area contributed by atoms with Gasteiger partial charge in [-0.1, -0.05) is 11.9 Å². The van der Waals surface area contributed by atoms with Crippen molar-refractivity contribution in [1.29, 1.82) is 0 Å². The zero-order valence-electron chi connectivity index (χ0n) is 21.0. The fraction of sp³-hybridized carbons (Fsp3) is 0.385. The van der Waals surface area contributed by atoms with Crippen LogP contribution in [0.15, 0.2) is 36.7 Å². The molecule has 1 saturated heterocycles. The molecule has 0 aliphatic carbocycles. The van der Waals surface area contributed by atoms with E-state index in [-0.39, 0.29) is 42.0 Å². The molecular weight excluding hydrogens is 496 g/mol. The average molecular weight is 526 g/mol. The number of aromatic nitrogens is 3. The first-order valence-corrected chi connectivity index (χ1v) is 13.4. The van der Waals surface area contributed by atoms with Crippen molar-refractivity contribution < 1.29 is 13.6 Å². The average Bonchev–Trinajstić information content (AvgIpc) is 2.90. The van der Waals surface area contributed by atoms with E-state index in [1.54, 1.807) is 24.2 Å². The van der Waals surface area contributed by atoms with Crippen molar-refractivity contribution in [3.8, 4) is 11.3 Å². The number of nitrogens with one attached hydrogen (secondary N) is 1. The fourth-order valence-electron chi connectivity index (χ4n) is 4.70. The number of halogens is 2. The van der Waals surface area contributed by atoms with Crippen molar-refractivity contribution in [3.63, 3.8) is 0 Å². The predicted octanol–water partition coefficient (Wildman–Crippen LogP) is 4.30. The lowest BCUT2D eigenvalue weighted by Crippen LogP contribution is -2.43. The highest BCUT2D eigenvalue weighted by Crippen LogP contribution is 2.35. The van der Waals surface area contributed by atoms with E-state index in [0.717, 1.165) is 38.1 Å². The maximum atomic E-state index is 15.1. The molecule has 37 heavy (non-hydrogen) atoms. The molecule has 2 aliphatic heterocycles. The van der Waals surface area contributed by atoms with Crippen LogP contribution in [0.5, 0.6) is 0 Å². The summed E-state index contributed by atoms with van der Waals surface area (Å²) in [6.45, 7) is 7.90. The molecule has 11 heteroatoms. The molecule has 0 radical (unpaired) electrons. The van der Waals surface area contributed by atoms with Crippen LogP contribution in [0.1, 0.15) is 19.4 Å². The molecule has 3 aromatic rings. The third kappa shape index (κ3) is 5.37. The maximum absolute atomic E-state index is 15.1. The Morgan fingerprint density at radius 1 is 1.03 bits per heavy atom. The van der Waals surface area contributed by atoms with Crippen LogP contribution in [0.2, 0.25) is 0 Å². The van der Waals surface area contributed by atoms with Crippen molar-refractivity contribution in [2.24, 2.45) is 0 Å². The van der Waals surface area contributed by atoms with Gasteiger partial charge < -0.3 is 15.1 Å². The Labute approximate surface area is 219 Å². The lowest BCUT2D eigenvalue weighted by molar-refractivity contribution is -0.117. The Morgan fingerprint density at radius 3 is 2.49 bits per heavy atom. The molecule has 5 rings (SSSR count). The van der Waals surface area contributed by atoms with Gasteiger partial charge in [0.15, 0.2) is 11.6 Å². The van der Waals surface area contributed by atoms with E-state index >= 15 is 4.39 Å². The second-order valence-electron chi connectivity index (χ2n) is 9.41. The molecule has 4 heterocycles. The number of hydrogen-bond donors (Lipinski definition) is 1. The molecule has 1 aromatic carbocycles. The van der Waals surface area contributed by atoms with Crippen molar-refractivity contribution in [3.05, 3.63) is 53.9 Å². The molecule has 1 N–H and O–H groups in total. The third-order valence-electron chi connectivity index (χ3n) is 6.69. The number of hydrogen-bond acceptors (Lipinski definition) is 9. The predicted molar refractivity (Wildman–Crippen MR) is 143 cm³/mol. The number of anilines is 4. The first kappa shape index (κ1) is 25.3. The minimum Gasteiger partial charge on any atom is -0.368 e. The zero-order valence-corrected chi connectivity index (χ0v) is 21.9. The highest BCUT2D eigenvalue weighted by molar-refractivity contribution is 7.96. The van der Waals surface area contributed by atoms with E-state index < -0.39 is 11.6 Å². The van der Waals surface area contributed by atoms with E-state index in [4.69, 9.17) is 0 Å². The van der Waals surface area contributed by atoms with Gasteiger partial charge in [0.25, 0.3) is 0 Å². The Hall–Kier alpha value is -3.31. The minimum atomic E-state index is -0.666. The topological polar surface area (TPSA) is 77.5 Å². The molecule has 0 saturated carbocycles. The van der Waals surface area contributed by atoms with Crippen molar-refractivity contribution in [2.45, 2.75) is 26.3 Å². The number of nitrogens with zero attached hydrogens (tertiary/aromatic N) is 6. The number of carbonyl (C=O) groups excluding carboxylic acids is 1. The van der Waals surface area contributed by atoms with Gasteiger partial charge in [0.05, 0.1) is 24.6 Å². The normalized spacial score (nSPS) is 16.3. The van der Waals surface area contributed by atoms with Gasteiger partial charge in [0.2, 0.25) is 5.95 Å². The number of benzene rings is 1. The van der Waals surface area contributed by atoms with Crippen LogP contribution >= 0.6 is 11.9 Å². The molecule has 0 atom stereocenters. The highest BCUT2D eigenvalue weighted by atomic mass is 32.2. The Bertz CT molecular complexity index is 1300. The largest absolute Gasteiger partial charge is 0.368 e. The van der Waals surface area contributed by atoms with Crippen LogP contribution in [0.3, 0.4) is 0 Å². The van der Waals surface area contributed by atoms with Crippen molar-refractivity contribution in [2.75, 3.05) is 54.1 Å². The molecule has 8 nitrogen and oxygen atoms in total.